The van der Waals surface area contributed by atoms with Gasteiger partial charge in [-0.3, -0.25) is 14.9 Å². The first kappa shape index (κ1) is 36.3. The number of nitro benzene ring substituents is 1. The van der Waals surface area contributed by atoms with Gasteiger partial charge >= 0.3 is 5.97 Å². The number of azo groups is 1. The van der Waals surface area contributed by atoms with Crippen LogP contribution in [0.1, 0.15) is 12.5 Å². The van der Waals surface area contributed by atoms with Gasteiger partial charge in [-0.1, -0.05) is 23.7 Å². The van der Waals surface area contributed by atoms with E-state index < -0.39 is 4.92 Å². The van der Waals surface area contributed by atoms with Gasteiger partial charge in [-0.25, -0.2) is 0 Å². The quantitative estimate of drug-likeness (QED) is 0.0467. The smallest absolute Gasteiger partial charge is 0.310 e. The lowest BCUT2D eigenvalue weighted by Gasteiger charge is -2.23. The molecule has 0 unspecified atom stereocenters. The molecule has 3 aromatic carbocycles. The molecule has 0 aliphatic carbocycles. The second kappa shape index (κ2) is 20.8. The number of nitrogens with zero attached hydrogens (tertiary/aromatic N) is 4. The van der Waals surface area contributed by atoms with Gasteiger partial charge in [-0.2, -0.15) is 5.11 Å². The molecule has 248 valence electrons. The van der Waals surface area contributed by atoms with Crippen LogP contribution in [0.3, 0.4) is 0 Å². The summed E-state index contributed by atoms with van der Waals surface area (Å²) >= 11 is 6.09. The summed E-state index contributed by atoms with van der Waals surface area (Å²) < 4.78 is 26.9. The lowest BCUT2D eigenvalue weighted by atomic mass is 10.1. The Morgan fingerprint density at radius 1 is 0.870 bits per heavy atom. The summed E-state index contributed by atoms with van der Waals surface area (Å²) in [6.45, 7) is 6.31. The molecule has 3 rings (SSSR count). The highest BCUT2D eigenvalue weighted by molar-refractivity contribution is 6.33. The number of carbonyl (C=O) groups is 1. The van der Waals surface area contributed by atoms with E-state index in [1.165, 1.54) is 18.2 Å². The number of ether oxygens (including phenoxy) is 5. The van der Waals surface area contributed by atoms with Crippen molar-refractivity contribution in [2.75, 3.05) is 77.5 Å². The van der Waals surface area contributed by atoms with E-state index in [1.807, 2.05) is 48.5 Å². The van der Waals surface area contributed by atoms with Gasteiger partial charge in [0, 0.05) is 24.4 Å². The van der Waals surface area contributed by atoms with Crippen LogP contribution in [0.5, 0.6) is 5.75 Å². The molecule has 0 bridgehead atoms. The number of rotatable bonds is 22. The zero-order chi connectivity index (χ0) is 33.0. The zero-order valence-electron chi connectivity index (χ0n) is 25.7. The number of carbonyl (C=O) groups excluding carboxylic acids is 1. The first-order valence-corrected chi connectivity index (χ1v) is 15.2. The third-order valence-corrected chi connectivity index (χ3v) is 6.69. The van der Waals surface area contributed by atoms with E-state index in [2.05, 4.69) is 22.1 Å². The summed E-state index contributed by atoms with van der Waals surface area (Å²) in [4.78, 5) is 24.6. The van der Waals surface area contributed by atoms with Crippen molar-refractivity contribution in [1.29, 1.82) is 0 Å². The molecule has 46 heavy (non-hydrogen) atoms. The molecule has 13 nitrogen and oxygen atoms in total. The van der Waals surface area contributed by atoms with E-state index in [9.17, 15) is 14.9 Å². The molecule has 3 aromatic rings. The summed E-state index contributed by atoms with van der Waals surface area (Å²) in [5.41, 5.74) is 2.66. The number of aliphatic hydroxyl groups is 1. The molecular formula is C32H39ClN4O9. The summed E-state index contributed by atoms with van der Waals surface area (Å²) in [5.74, 6) is 0.361. The van der Waals surface area contributed by atoms with Crippen molar-refractivity contribution in [3.05, 3.63) is 87.4 Å². The summed E-state index contributed by atoms with van der Waals surface area (Å²) in [6.07, 6.45) is 0.150. The first-order valence-electron chi connectivity index (χ1n) is 14.8. The van der Waals surface area contributed by atoms with Crippen LogP contribution in [0.15, 0.2) is 77.0 Å². The third-order valence-electron chi connectivity index (χ3n) is 6.38. The lowest BCUT2D eigenvalue weighted by molar-refractivity contribution is -0.384. The summed E-state index contributed by atoms with van der Waals surface area (Å²) in [7, 11) is 0. The first-order chi connectivity index (χ1) is 22.4. The molecule has 0 fully saturated rings. The average molecular weight is 659 g/mol. The predicted molar refractivity (Wildman–Crippen MR) is 173 cm³/mol. The summed E-state index contributed by atoms with van der Waals surface area (Å²) in [6, 6.07) is 18.9. The van der Waals surface area contributed by atoms with E-state index in [0.29, 0.717) is 63.3 Å². The van der Waals surface area contributed by atoms with Crippen molar-refractivity contribution in [2.24, 2.45) is 10.2 Å². The highest BCUT2D eigenvalue weighted by atomic mass is 35.5. The molecule has 0 spiro atoms. The molecule has 0 amide bonds. The number of halogens is 1. The summed E-state index contributed by atoms with van der Waals surface area (Å²) in [5, 5.41) is 27.9. The number of likely N-dealkylation sites (N-methyl/N-ethyl adjacent to an activating group) is 1. The average Bonchev–Trinajstić information content (AvgIpc) is 3.06. The normalized spacial score (nSPS) is 11.1. The van der Waals surface area contributed by atoms with Crippen LogP contribution in [0.4, 0.5) is 22.7 Å². The van der Waals surface area contributed by atoms with Gasteiger partial charge < -0.3 is 33.7 Å². The highest BCUT2D eigenvalue weighted by Gasteiger charge is 2.10. The number of hydrogen-bond donors (Lipinski definition) is 1. The third kappa shape index (κ3) is 13.5. The van der Waals surface area contributed by atoms with Crippen molar-refractivity contribution >= 4 is 40.3 Å². The zero-order valence-corrected chi connectivity index (χ0v) is 26.5. The van der Waals surface area contributed by atoms with Gasteiger partial charge in [0.1, 0.15) is 24.7 Å². The Morgan fingerprint density at radius 2 is 1.52 bits per heavy atom. The van der Waals surface area contributed by atoms with Crippen LogP contribution in [-0.4, -0.2) is 88.6 Å². The minimum atomic E-state index is -0.519. The van der Waals surface area contributed by atoms with Crippen LogP contribution in [-0.2, 0) is 30.2 Å². The molecule has 0 saturated carbocycles. The van der Waals surface area contributed by atoms with Gasteiger partial charge in [0.05, 0.1) is 74.8 Å². The van der Waals surface area contributed by atoms with Crippen molar-refractivity contribution < 1.29 is 38.5 Å². The van der Waals surface area contributed by atoms with Crippen LogP contribution >= 0.6 is 11.6 Å². The number of aliphatic hydroxyl groups excluding tert-OH is 1. The fourth-order valence-electron chi connectivity index (χ4n) is 4.02. The van der Waals surface area contributed by atoms with Gasteiger partial charge in [-0.15, -0.1) is 5.11 Å². The Morgan fingerprint density at radius 3 is 2.13 bits per heavy atom. The standard InChI is InChI=1S/C32H39ClN4O9/c1-2-36(27-7-5-26(6-8-27)34-35-31-12-9-28(37(40)41)24-30(31)33)13-15-45-29-10-3-25(4-11-29)23-32(39)46-22-21-44-20-19-43-18-17-42-16-14-38/h3-12,24,38H,2,13-23H2,1H3. The lowest BCUT2D eigenvalue weighted by Crippen LogP contribution is -2.27. The van der Waals surface area contributed by atoms with Crippen molar-refractivity contribution in [3.63, 3.8) is 0 Å². The van der Waals surface area contributed by atoms with E-state index in [1.54, 1.807) is 0 Å². The maximum absolute atomic E-state index is 12.1. The van der Waals surface area contributed by atoms with E-state index >= 15 is 0 Å². The highest BCUT2D eigenvalue weighted by Crippen LogP contribution is 2.30. The fourth-order valence-corrected chi connectivity index (χ4v) is 4.23. The Hall–Kier alpha value is -4.14. The van der Waals surface area contributed by atoms with Gasteiger partial charge in [0.2, 0.25) is 0 Å². The Labute approximate surface area is 272 Å². The van der Waals surface area contributed by atoms with Gasteiger partial charge in [-0.05, 0) is 55.0 Å². The van der Waals surface area contributed by atoms with Crippen LogP contribution < -0.4 is 9.64 Å². The second-order valence-corrected chi connectivity index (χ2v) is 10.0. The molecular weight excluding hydrogens is 620 g/mol. The minimum absolute atomic E-state index is 0.00917. The Balaban J connectivity index is 1.33. The molecule has 0 radical (unpaired) electrons. The SMILES string of the molecule is CCN(CCOc1ccc(CC(=O)OCCOCCOCCOCCO)cc1)c1ccc(N=Nc2ccc([N+](=O)[O-])cc2Cl)cc1. The van der Waals surface area contributed by atoms with Crippen LogP contribution in [0.2, 0.25) is 5.02 Å². The molecule has 0 aliphatic heterocycles. The van der Waals surface area contributed by atoms with Crippen molar-refractivity contribution in [1.82, 2.24) is 0 Å². The predicted octanol–water partition coefficient (Wildman–Crippen LogP) is 5.70. The molecule has 0 atom stereocenters. The number of esters is 1. The maximum atomic E-state index is 12.1. The van der Waals surface area contributed by atoms with Crippen LogP contribution in [0.25, 0.3) is 0 Å². The number of nitro groups is 1. The fraction of sp³-hybridized carbons (Fsp3) is 0.406. The van der Waals surface area contributed by atoms with Gasteiger partial charge in [0.15, 0.2) is 0 Å². The second-order valence-electron chi connectivity index (χ2n) is 9.64. The molecule has 0 aromatic heterocycles. The van der Waals surface area contributed by atoms with E-state index in [0.717, 1.165) is 17.8 Å². The van der Waals surface area contributed by atoms with E-state index in [4.69, 9.17) is 40.4 Å². The number of non-ortho nitro benzene ring substituents is 1. The Kier molecular flexibility index (Phi) is 16.4. The van der Waals surface area contributed by atoms with E-state index in [-0.39, 0.29) is 42.9 Å². The number of benzene rings is 3. The Bertz CT molecular complexity index is 1380. The number of anilines is 1. The molecule has 0 heterocycles. The van der Waals surface area contributed by atoms with Gasteiger partial charge in [0.25, 0.3) is 5.69 Å². The molecule has 0 aliphatic rings. The van der Waals surface area contributed by atoms with Crippen molar-refractivity contribution in [2.45, 2.75) is 13.3 Å². The molecule has 0 saturated heterocycles. The maximum Gasteiger partial charge on any atom is 0.310 e. The topological polar surface area (TPSA) is 155 Å². The minimum Gasteiger partial charge on any atom is -0.492 e. The number of hydrogen-bond acceptors (Lipinski definition) is 12. The monoisotopic (exact) mass is 658 g/mol. The van der Waals surface area contributed by atoms with Crippen LogP contribution in [0, 0.1) is 10.1 Å². The van der Waals surface area contributed by atoms with Crippen molar-refractivity contribution in [3.8, 4) is 5.75 Å². The molecule has 14 heteroatoms. The molecule has 1 N–H and O–H groups in total. The largest absolute Gasteiger partial charge is 0.492 e.